The maximum Gasteiger partial charge on any atom is 0.380 e. The number of nitrogens with one attached hydrogen (secondary N) is 1. The van der Waals surface area contributed by atoms with Gasteiger partial charge in [0.2, 0.25) is 11.8 Å². The summed E-state index contributed by atoms with van der Waals surface area (Å²) >= 11 is 0. The van der Waals surface area contributed by atoms with Gasteiger partial charge in [0.05, 0.1) is 12.1 Å². The highest BCUT2D eigenvalue weighted by Crippen LogP contribution is 2.62. The Hall–Kier alpha value is -2.01. The van der Waals surface area contributed by atoms with E-state index >= 15 is 0 Å². The summed E-state index contributed by atoms with van der Waals surface area (Å²) in [6, 6.07) is 5.29. The van der Waals surface area contributed by atoms with E-state index in [1.54, 1.807) is 19.9 Å². The van der Waals surface area contributed by atoms with Crippen molar-refractivity contribution in [3.05, 3.63) is 29.3 Å². The molecule has 9 nitrogen and oxygen atoms in total. The van der Waals surface area contributed by atoms with E-state index in [4.69, 9.17) is 9.32 Å². The van der Waals surface area contributed by atoms with Gasteiger partial charge in [0.25, 0.3) is 0 Å². The molecule has 1 aromatic rings. The van der Waals surface area contributed by atoms with Crippen molar-refractivity contribution in [2.24, 2.45) is 34.2 Å². The normalized spacial score (nSPS) is 33.8. The predicted octanol–water partition coefficient (Wildman–Crippen LogP) is 3.26. The molecule has 2 saturated carbocycles. The number of benzene rings is 1. The van der Waals surface area contributed by atoms with Gasteiger partial charge in [-0.05, 0) is 123 Å². The Bertz CT molecular complexity index is 1240. The number of likely N-dealkylation sites (tertiary alicyclic amines) is 1. The molecule has 0 radical (unpaired) electrons. The van der Waals surface area contributed by atoms with Crippen LogP contribution >= 0.6 is 0 Å². The third-order valence-electron chi connectivity index (χ3n) is 10.5. The van der Waals surface area contributed by atoms with E-state index in [0.29, 0.717) is 17.8 Å². The third kappa shape index (κ3) is 5.82. The molecule has 0 aromatic heterocycles. The van der Waals surface area contributed by atoms with Gasteiger partial charge in [-0.15, -0.1) is 0 Å². The predicted molar refractivity (Wildman–Crippen MR) is 151 cm³/mol. The molecule has 0 bridgehead atoms. The molecule has 5 rings (SSSR count). The van der Waals surface area contributed by atoms with Gasteiger partial charge in [0, 0.05) is 5.92 Å². The molecule has 40 heavy (non-hydrogen) atoms. The van der Waals surface area contributed by atoms with Crippen LogP contribution in [0.1, 0.15) is 89.2 Å². The number of carbonyl (C=O) groups excluding carboxylic acids is 2. The fourth-order valence-electron chi connectivity index (χ4n) is 8.47. The molecule has 4 N–H and O–H groups in total. The molecule has 4 aliphatic rings. The minimum atomic E-state index is -4.05. The first kappa shape index (κ1) is 29.5. The first-order chi connectivity index (χ1) is 18.9. The van der Waals surface area contributed by atoms with Gasteiger partial charge in [0.1, 0.15) is 5.75 Å². The lowest BCUT2D eigenvalue weighted by Gasteiger charge is -2.50. The number of nitrogens with zero attached hydrogens (tertiary/aromatic N) is 1. The molecule has 3 aliphatic carbocycles. The number of nitrogens with two attached hydrogens (primary N) is 1. The average molecular weight is 576 g/mol. The zero-order valence-electron chi connectivity index (χ0n) is 24.0. The molecule has 7 atom stereocenters. The first-order valence-corrected chi connectivity index (χ1v) is 16.5. The van der Waals surface area contributed by atoms with E-state index in [1.165, 1.54) is 5.56 Å². The second-order valence-corrected chi connectivity index (χ2v) is 14.3. The summed E-state index contributed by atoms with van der Waals surface area (Å²) in [5.41, 5.74) is 2.33. The molecule has 222 valence electrons. The van der Waals surface area contributed by atoms with E-state index in [1.807, 2.05) is 12.1 Å². The van der Waals surface area contributed by atoms with Crippen molar-refractivity contribution < 1.29 is 27.3 Å². The standard InChI is InChI=1S/C30H45N3O6S/c1-18(2)28(35)32-29(36)26-7-5-15-33(26)14-4-6-20-17-25-24-10-8-19-16-21(39-40(31,37)38)9-11-22(19)23(24)12-13-30(25,3)27(20)34/h9,11,16,18,20,23-27,34H,4-8,10,12-15,17H2,1-3H3,(H2,31,37,38)(H,32,35,36)/t20-,23+,24+,25-,26-,27-,30-/m0/s1. The van der Waals surface area contributed by atoms with Crippen LogP contribution in [-0.2, 0) is 26.3 Å². The highest BCUT2D eigenvalue weighted by molar-refractivity contribution is 7.84. The van der Waals surface area contributed by atoms with E-state index < -0.39 is 10.3 Å². The van der Waals surface area contributed by atoms with Crippen LogP contribution in [0.2, 0.25) is 0 Å². The van der Waals surface area contributed by atoms with Crippen LogP contribution < -0.4 is 14.6 Å². The molecular formula is C30H45N3O6S. The number of fused-ring (bicyclic) bond motifs is 5. The van der Waals surface area contributed by atoms with Gasteiger partial charge in [-0.3, -0.25) is 19.8 Å². The summed E-state index contributed by atoms with van der Waals surface area (Å²) in [5, 5.41) is 19.2. The molecule has 1 saturated heterocycles. The first-order valence-electron chi connectivity index (χ1n) is 15.0. The van der Waals surface area contributed by atoms with Gasteiger partial charge < -0.3 is 9.29 Å². The summed E-state index contributed by atoms with van der Waals surface area (Å²) < 4.78 is 27.7. The highest BCUT2D eigenvalue weighted by atomic mass is 32.2. The second kappa shape index (κ2) is 11.3. The Labute approximate surface area is 238 Å². The summed E-state index contributed by atoms with van der Waals surface area (Å²) in [6.45, 7) is 7.53. The van der Waals surface area contributed by atoms with Crippen molar-refractivity contribution in [1.82, 2.24) is 10.2 Å². The minimum Gasteiger partial charge on any atom is -0.392 e. The number of aryl methyl sites for hydroxylation is 1. The topological polar surface area (TPSA) is 139 Å². The number of rotatable bonds is 8. The molecule has 2 amide bonds. The van der Waals surface area contributed by atoms with Crippen LogP contribution in [0.3, 0.4) is 0 Å². The summed E-state index contributed by atoms with van der Waals surface area (Å²) in [7, 11) is -4.05. The molecular weight excluding hydrogens is 530 g/mol. The number of hydrogen-bond acceptors (Lipinski definition) is 7. The minimum absolute atomic E-state index is 0.0900. The number of aliphatic hydroxyl groups is 1. The van der Waals surface area contributed by atoms with E-state index in [-0.39, 0.29) is 47.0 Å². The average Bonchev–Trinajstić information content (AvgIpc) is 3.45. The van der Waals surface area contributed by atoms with Gasteiger partial charge >= 0.3 is 10.3 Å². The lowest BCUT2D eigenvalue weighted by atomic mass is 9.55. The summed E-state index contributed by atoms with van der Waals surface area (Å²) in [4.78, 5) is 26.9. The number of carbonyl (C=O) groups is 2. The van der Waals surface area contributed by atoms with Crippen molar-refractivity contribution in [2.45, 2.75) is 96.6 Å². The lowest BCUT2D eigenvalue weighted by molar-refractivity contribution is -0.134. The Kier molecular flexibility index (Phi) is 8.36. The third-order valence-corrected chi connectivity index (χ3v) is 10.9. The van der Waals surface area contributed by atoms with Gasteiger partial charge in [-0.1, -0.05) is 26.8 Å². The van der Waals surface area contributed by atoms with Crippen LogP contribution in [0.5, 0.6) is 5.75 Å². The van der Waals surface area contributed by atoms with Gasteiger partial charge in [-0.2, -0.15) is 13.6 Å². The molecule has 0 unspecified atom stereocenters. The van der Waals surface area contributed by atoms with Crippen molar-refractivity contribution >= 4 is 22.1 Å². The second-order valence-electron chi connectivity index (χ2n) is 13.2. The van der Waals surface area contributed by atoms with Gasteiger partial charge in [0.15, 0.2) is 0 Å². The maximum atomic E-state index is 12.7. The number of aliphatic hydroxyl groups excluding tert-OH is 1. The van der Waals surface area contributed by atoms with E-state index in [0.717, 1.165) is 76.4 Å². The fraction of sp³-hybridized carbons (Fsp3) is 0.733. The smallest absolute Gasteiger partial charge is 0.380 e. The summed E-state index contributed by atoms with van der Waals surface area (Å²) in [6.07, 6.45) is 8.18. The quantitative estimate of drug-likeness (QED) is 0.432. The molecule has 10 heteroatoms. The SMILES string of the molecule is CC(C)C(=O)NC(=O)[C@@H]1CCCN1CCC[C@H]1C[C@H]2[C@@H]3CCc4cc(OS(N)(=O)=O)ccc4[C@H]3CC[C@]2(C)[C@H]1O. The van der Waals surface area contributed by atoms with Gasteiger partial charge in [-0.25, -0.2) is 0 Å². The van der Waals surface area contributed by atoms with Crippen molar-refractivity contribution in [1.29, 1.82) is 0 Å². The molecule has 3 fully saturated rings. The largest absolute Gasteiger partial charge is 0.392 e. The summed E-state index contributed by atoms with van der Waals surface area (Å²) in [5.74, 6) is 1.26. The van der Waals surface area contributed by atoms with Crippen LogP contribution in [0, 0.1) is 29.1 Å². The Morgan fingerprint density at radius 2 is 2.02 bits per heavy atom. The van der Waals surface area contributed by atoms with Crippen molar-refractivity contribution in [3.8, 4) is 5.75 Å². The van der Waals surface area contributed by atoms with Crippen LogP contribution in [0.15, 0.2) is 18.2 Å². The van der Waals surface area contributed by atoms with E-state index in [2.05, 4.69) is 17.1 Å². The van der Waals surface area contributed by atoms with Crippen LogP contribution in [-0.4, -0.2) is 55.5 Å². The highest BCUT2D eigenvalue weighted by Gasteiger charge is 2.57. The van der Waals surface area contributed by atoms with Crippen LogP contribution in [0.4, 0.5) is 0 Å². The lowest BCUT2D eigenvalue weighted by Crippen LogP contribution is -2.46. The number of imide groups is 1. The van der Waals surface area contributed by atoms with Crippen LogP contribution in [0.25, 0.3) is 0 Å². The molecule has 1 aliphatic heterocycles. The van der Waals surface area contributed by atoms with Crippen molar-refractivity contribution in [3.63, 3.8) is 0 Å². The fourth-order valence-corrected chi connectivity index (χ4v) is 8.84. The maximum absolute atomic E-state index is 12.7. The zero-order valence-corrected chi connectivity index (χ0v) is 24.8. The Morgan fingerprint density at radius 3 is 2.75 bits per heavy atom. The molecule has 1 heterocycles. The number of hydrogen-bond donors (Lipinski definition) is 3. The number of amides is 2. The monoisotopic (exact) mass is 575 g/mol. The Balaban J connectivity index is 1.20. The molecule has 1 aromatic carbocycles. The van der Waals surface area contributed by atoms with E-state index in [9.17, 15) is 23.1 Å². The zero-order chi connectivity index (χ0) is 28.8. The van der Waals surface area contributed by atoms with Crippen molar-refractivity contribution in [2.75, 3.05) is 13.1 Å². The Morgan fingerprint density at radius 1 is 1.25 bits per heavy atom. The molecule has 0 spiro atoms.